The number of para-hydroxylation sites is 1. The van der Waals surface area contributed by atoms with Gasteiger partial charge in [-0.3, -0.25) is 4.79 Å². The molecule has 2 rings (SSSR count). The molecule has 1 fully saturated rings. The van der Waals surface area contributed by atoms with Crippen molar-refractivity contribution in [2.45, 2.75) is 26.3 Å². The second-order valence-electron chi connectivity index (χ2n) is 5.28. The molecule has 0 aromatic heterocycles. The zero-order chi connectivity index (χ0) is 13.7. The van der Waals surface area contributed by atoms with Crippen LogP contribution in [0.4, 0.5) is 5.69 Å². The third-order valence-electron chi connectivity index (χ3n) is 3.19. The molecule has 0 aliphatic carbocycles. The predicted molar refractivity (Wildman–Crippen MR) is 83.0 cm³/mol. The zero-order valence-corrected chi connectivity index (χ0v) is 12.4. The molecule has 19 heavy (non-hydrogen) atoms. The summed E-state index contributed by atoms with van der Waals surface area (Å²) >= 11 is 1.98. The molecular weight excluding hydrogens is 256 g/mol. The fourth-order valence-corrected chi connectivity index (χ4v) is 3.48. The van der Waals surface area contributed by atoms with E-state index in [1.807, 2.05) is 36.0 Å². The minimum absolute atomic E-state index is 0.0284. The maximum Gasteiger partial charge on any atom is 0.253 e. The highest BCUT2D eigenvalue weighted by Crippen LogP contribution is 2.23. The molecule has 0 radical (unpaired) electrons. The Labute approximate surface area is 119 Å². The highest BCUT2D eigenvalue weighted by Gasteiger charge is 2.17. The Balaban J connectivity index is 1.97. The lowest BCUT2D eigenvalue weighted by Crippen LogP contribution is -2.30. The van der Waals surface area contributed by atoms with Crippen LogP contribution in [0, 0.1) is 5.92 Å². The van der Waals surface area contributed by atoms with Crippen LogP contribution >= 0.6 is 11.8 Å². The summed E-state index contributed by atoms with van der Waals surface area (Å²) in [5, 5.41) is 6.38. The number of rotatable bonds is 5. The summed E-state index contributed by atoms with van der Waals surface area (Å²) in [7, 11) is 0. The van der Waals surface area contributed by atoms with E-state index < -0.39 is 0 Å². The van der Waals surface area contributed by atoms with E-state index in [0.29, 0.717) is 12.0 Å². The molecule has 0 bridgehead atoms. The number of nitrogens with one attached hydrogen (secondary N) is 2. The van der Waals surface area contributed by atoms with E-state index >= 15 is 0 Å². The van der Waals surface area contributed by atoms with E-state index in [9.17, 15) is 4.79 Å². The third-order valence-corrected chi connectivity index (χ3v) is 4.42. The van der Waals surface area contributed by atoms with Gasteiger partial charge in [0.2, 0.25) is 0 Å². The minimum Gasteiger partial charge on any atom is -0.382 e. The zero-order valence-electron chi connectivity index (χ0n) is 11.6. The number of thioether (sulfide) groups is 1. The van der Waals surface area contributed by atoms with Crippen molar-refractivity contribution >= 4 is 23.4 Å². The highest BCUT2D eigenvalue weighted by atomic mass is 32.2. The highest BCUT2D eigenvalue weighted by molar-refractivity contribution is 7.99. The fraction of sp³-hybridized carbons (Fsp3) is 0.533. The van der Waals surface area contributed by atoms with Gasteiger partial charge < -0.3 is 10.6 Å². The van der Waals surface area contributed by atoms with Crippen LogP contribution in [0.3, 0.4) is 0 Å². The van der Waals surface area contributed by atoms with Crippen molar-refractivity contribution in [1.29, 1.82) is 0 Å². The molecular formula is C15H22N2OS. The van der Waals surface area contributed by atoms with Gasteiger partial charge in [0.05, 0.1) is 5.56 Å². The van der Waals surface area contributed by atoms with Gasteiger partial charge in [-0.15, -0.1) is 0 Å². The fourth-order valence-electron chi connectivity index (χ4n) is 2.19. The van der Waals surface area contributed by atoms with Crippen molar-refractivity contribution < 1.29 is 4.79 Å². The Morgan fingerprint density at radius 2 is 2.21 bits per heavy atom. The number of amides is 1. The quantitative estimate of drug-likeness (QED) is 0.870. The van der Waals surface area contributed by atoms with Crippen molar-refractivity contribution in [2.24, 2.45) is 5.92 Å². The van der Waals surface area contributed by atoms with Crippen molar-refractivity contribution in [3.8, 4) is 0 Å². The first-order chi connectivity index (χ1) is 9.16. The molecule has 1 unspecified atom stereocenters. The minimum atomic E-state index is 0.0284. The van der Waals surface area contributed by atoms with Crippen LogP contribution in [-0.2, 0) is 0 Å². The molecule has 1 aliphatic rings. The summed E-state index contributed by atoms with van der Waals surface area (Å²) in [6.07, 6.45) is 1.22. The summed E-state index contributed by atoms with van der Waals surface area (Å²) in [5.41, 5.74) is 1.65. The summed E-state index contributed by atoms with van der Waals surface area (Å²) in [6, 6.07) is 8.02. The Morgan fingerprint density at radius 1 is 1.42 bits per heavy atom. The van der Waals surface area contributed by atoms with Crippen molar-refractivity contribution in [2.75, 3.05) is 23.4 Å². The number of carbonyl (C=O) groups is 1. The summed E-state index contributed by atoms with van der Waals surface area (Å²) in [6.45, 7) is 4.94. The van der Waals surface area contributed by atoms with Crippen LogP contribution in [-0.4, -0.2) is 30.0 Å². The summed E-state index contributed by atoms with van der Waals surface area (Å²) in [5.74, 6) is 3.07. The first-order valence-electron chi connectivity index (χ1n) is 6.88. The normalized spacial score (nSPS) is 18.6. The Morgan fingerprint density at radius 3 is 2.89 bits per heavy atom. The number of anilines is 1. The van der Waals surface area contributed by atoms with Crippen LogP contribution in [0.5, 0.6) is 0 Å². The van der Waals surface area contributed by atoms with Gasteiger partial charge in [0.1, 0.15) is 0 Å². The molecule has 1 amide bonds. The van der Waals surface area contributed by atoms with E-state index in [0.717, 1.165) is 17.8 Å². The lowest BCUT2D eigenvalue weighted by molar-refractivity contribution is 0.0949. The number of hydrogen-bond donors (Lipinski definition) is 2. The number of hydrogen-bond acceptors (Lipinski definition) is 3. The van der Waals surface area contributed by atoms with Crippen molar-refractivity contribution in [3.63, 3.8) is 0 Å². The topological polar surface area (TPSA) is 41.1 Å². The summed E-state index contributed by atoms with van der Waals surface area (Å²) in [4.78, 5) is 12.2. The molecule has 1 aromatic carbocycles. The SMILES string of the molecule is CC(C)Nc1ccccc1C(=O)NCC1CCSC1. The van der Waals surface area contributed by atoms with E-state index in [1.165, 1.54) is 17.9 Å². The van der Waals surface area contributed by atoms with Gasteiger partial charge >= 0.3 is 0 Å². The Hall–Kier alpha value is -1.16. The van der Waals surface area contributed by atoms with Gasteiger partial charge in [-0.1, -0.05) is 12.1 Å². The van der Waals surface area contributed by atoms with Gasteiger partial charge in [-0.2, -0.15) is 11.8 Å². The molecule has 0 spiro atoms. The van der Waals surface area contributed by atoms with E-state index in [1.54, 1.807) is 0 Å². The van der Waals surface area contributed by atoms with Crippen LogP contribution in [0.2, 0.25) is 0 Å². The van der Waals surface area contributed by atoms with E-state index in [4.69, 9.17) is 0 Å². The van der Waals surface area contributed by atoms with Crippen molar-refractivity contribution in [3.05, 3.63) is 29.8 Å². The second-order valence-corrected chi connectivity index (χ2v) is 6.43. The molecule has 104 valence electrons. The maximum atomic E-state index is 12.2. The first-order valence-corrected chi connectivity index (χ1v) is 8.04. The molecule has 1 heterocycles. The lowest BCUT2D eigenvalue weighted by atomic mass is 10.1. The molecule has 3 nitrogen and oxygen atoms in total. The second kappa shape index (κ2) is 6.85. The Kier molecular flexibility index (Phi) is 5.14. The van der Waals surface area contributed by atoms with Crippen molar-refractivity contribution in [1.82, 2.24) is 5.32 Å². The molecule has 1 aliphatic heterocycles. The van der Waals surface area contributed by atoms with E-state index in [-0.39, 0.29) is 5.91 Å². The lowest BCUT2D eigenvalue weighted by Gasteiger charge is -2.15. The number of benzene rings is 1. The van der Waals surface area contributed by atoms with Crippen LogP contribution in [0.25, 0.3) is 0 Å². The molecule has 1 saturated heterocycles. The van der Waals surface area contributed by atoms with Gasteiger partial charge in [-0.25, -0.2) is 0 Å². The average molecular weight is 278 g/mol. The van der Waals surface area contributed by atoms with Crippen LogP contribution in [0.1, 0.15) is 30.6 Å². The van der Waals surface area contributed by atoms with E-state index in [2.05, 4.69) is 24.5 Å². The molecule has 2 N–H and O–H groups in total. The van der Waals surface area contributed by atoms with Gasteiger partial charge in [0.15, 0.2) is 0 Å². The molecule has 0 saturated carbocycles. The monoisotopic (exact) mass is 278 g/mol. The van der Waals surface area contributed by atoms with Crippen LogP contribution < -0.4 is 10.6 Å². The molecule has 1 aromatic rings. The maximum absolute atomic E-state index is 12.2. The standard InChI is InChI=1S/C15H22N2OS/c1-11(2)17-14-6-4-3-5-13(14)15(18)16-9-12-7-8-19-10-12/h3-6,11-12,17H,7-10H2,1-2H3,(H,16,18). The summed E-state index contributed by atoms with van der Waals surface area (Å²) < 4.78 is 0. The predicted octanol–water partition coefficient (Wildman–Crippen LogP) is 2.99. The molecule has 4 heteroatoms. The molecule has 1 atom stereocenters. The number of carbonyl (C=O) groups excluding carboxylic acids is 1. The van der Waals surface area contributed by atoms with Gasteiger partial charge in [0, 0.05) is 18.3 Å². The average Bonchev–Trinajstić information content (AvgIpc) is 2.89. The van der Waals surface area contributed by atoms with Gasteiger partial charge in [-0.05, 0) is 49.8 Å². The smallest absolute Gasteiger partial charge is 0.253 e. The van der Waals surface area contributed by atoms with Crippen LogP contribution in [0.15, 0.2) is 24.3 Å². The third kappa shape index (κ3) is 4.16. The largest absolute Gasteiger partial charge is 0.382 e. The first kappa shape index (κ1) is 14.3. The van der Waals surface area contributed by atoms with Gasteiger partial charge in [0.25, 0.3) is 5.91 Å². The Bertz CT molecular complexity index is 428.